The van der Waals surface area contributed by atoms with Crippen LogP contribution in [0.2, 0.25) is 0 Å². The van der Waals surface area contributed by atoms with Crippen LogP contribution in [-0.2, 0) is 9.53 Å². The summed E-state index contributed by atoms with van der Waals surface area (Å²) < 4.78 is 6.39. The van der Waals surface area contributed by atoms with Gasteiger partial charge in [0, 0.05) is 6.42 Å². The van der Waals surface area contributed by atoms with Gasteiger partial charge in [-0.2, -0.15) is 0 Å². The largest absolute Gasteiger partial charge is 0.372 e. The Balaban J connectivity index is 1.83. The monoisotopic (exact) mass is 276 g/mol. The van der Waals surface area contributed by atoms with E-state index in [1.54, 1.807) is 0 Å². The van der Waals surface area contributed by atoms with Crippen molar-refractivity contribution in [2.75, 3.05) is 0 Å². The van der Waals surface area contributed by atoms with Gasteiger partial charge in [0.2, 0.25) is 0 Å². The summed E-state index contributed by atoms with van der Waals surface area (Å²) in [6.07, 6.45) is 8.95. The van der Waals surface area contributed by atoms with Crippen molar-refractivity contribution in [1.29, 1.82) is 0 Å². The maximum atomic E-state index is 11.6. The van der Waals surface area contributed by atoms with Crippen molar-refractivity contribution in [2.24, 2.45) is 17.3 Å². The van der Waals surface area contributed by atoms with E-state index in [-0.39, 0.29) is 5.60 Å². The third-order valence-electron chi connectivity index (χ3n) is 5.78. The highest BCUT2D eigenvalue weighted by Gasteiger charge is 2.54. The first-order chi connectivity index (χ1) is 9.29. The first kappa shape index (κ1) is 14.3. The minimum absolute atomic E-state index is 0.0544. The van der Waals surface area contributed by atoms with E-state index in [1.807, 2.05) is 6.08 Å². The first-order valence-electron chi connectivity index (χ1n) is 8.21. The van der Waals surface area contributed by atoms with Crippen LogP contribution in [0, 0.1) is 17.3 Å². The fraction of sp³-hybridized carbons (Fsp3) is 0.833. The summed E-state index contributed by atoms with van der Waals surface area (Å²) in [6, 6.07) is 0. The van der Waals surface area contributed by atoms with Crippen molar-refractivity contribution >= 4 is 5.78 Å². The lowest BCUT2D eigenvalue weighted by Gasteiger charge is -2.48. The van der Waals surface area contributed by atoms with Crippen LogP contribution < -0.4 is 0 Å². The second-order valence-corrected chi connectivity index (χ2v) is 8.24. The van der Waals surface area contributed by atoms with Crippen LogP contribution in [0.4, 0.5) is 0 Å². The lowest BCUT2D eigenvalue weighted by atomic mass is 9.59. The number of carbonyl (C=O) groups is 1. The molecule has 0 radical (unpaired) electrons. The van der Waals surface area contributed by atoms with Crippen molar-refractivity contribution in [1.82, 2.24) is 0 Å². The number of rotatable bonds is 1. The van der Waals surface area contributed by atoms with Crippen LogP contribution in [0.5, 0.6) is 0 Å². The second kappa shape index (κ2) is 4.69. The highest BCUT2D eigenvalue weighted by atomic mass is 16.5. The van der Waals surface area contributed by atoms with E-state index in [0.29, 0.717) is 23.2 Å². The molecule has 2 saturated carbocycles. The van der Waals surface area contributed by atoms with Gasteiger partial charge in [0.05, 0.1) is 11.7 Å². The second-order valence-electron chi connectivity index (χ2n) is 8.24. The zero-order valence-electron chi connectivity index (χ0n) is 13.4. The van der Waals surface area contributed by atoms with E-state index >= 15 is 0 Å². The summed E-state index contributed by atoms with van der Waals surface area (Å²) in [6.45, 7) is 8.93. The minimum Gasteiger partial charge on any atom is -0.372 e. The zero-order valence-corrected chi connectivity index (χ0v) is 13.4. The fourth-order valence-electron chi connectivity index (χ4n) is 4.86. The summed E-state index contributed by atoms with van der Waals surface area (Å²) in [5.41, 5.74) is 1.71. The van der Waals surface area contributed by atoms with Gasteiger partial charge in [-0.3, -0.25) is 4.79 Å². The number of carbonyl (C=O) groups excluding carboxylic acids is 1. The van der Waals surface area contributed by atoms with Crippen LogP contribution in [-0.4, -0.2) is 17.5 Å². The topological polar surface area (TPSA) is 26.3 Å². The molecule has 0 aliphatic heterocycles. The molecule has 0 aromatic heterocycles. The lowest BCUT2D eigenvalue weighted by molar-refractivity contribution is -0.121. The van der Waals surface area contributed by atoms with E-state index in [1.165, 1.54) is 24.8 Å². The van der Waals surface area contributed by atoms with Gasteiger partial charge in [0.25, 0.3) is 0 Å². The summed E-state index contributed by atoms with van der Waals surface area (Å²) in [5, 5.41) is 0. The summed E-state index contributed by atoms with van der Waals surface area (Å²) >= 11 is 0. The fourth-order valence-corrected chi connectivity index (χ4v) is 4.86. The van der Waals surface area contributed by atoms with E-state index in [2.05, 4.69) is 27.7 Å². The van der Waals surface area contributed by atoms with Gasteiger partial charge in [-0.15, -0.1) is 0 Å². The zero-order chi connectivity index (χ0) is 14.5. The Morgan fingerprint density at radius 1 is 1.20 bits per heavy atom. The molecule has 0 amide bonds. The molecule has 2 fully saturated rings. The molecule has 0 bridgehead atoms. The van der Waals surface area contributed by atoms with E-state index in [0.717, 1.165) is 25.2 Å². The predicted molar refractivity (Wildman–Crippen MR) is 80.5 cm³/mol. The predicted octanol–water partition coefficient (Wildman–Crippen LogP) is 4.29. The average molecular weight is 276 g/mol. The lowest BCUT2D eigenvalue weighted by Crippen LogP contribution is -2.44. The molecule has 0 saturated heterocycles. The molecular weight excluding hydrogens is 248 g/mol. The highest BCUT2D eigenvalue weighted by molar-refractivity contribution is 5.91. The van der Waals surface area contributed by atoms with Gasteiger partial charge in [0.15, 0.2) is 5.78 Å². The van der Waals surface area contributed by atoms with Crippen LogP contribution >= 0.6 is 0 Å². The van der Waals surface area contributed by atoms with Gasteiger partial charge in [-0.25, -0.2) is 0 Å². The Hall–Kier alpha value is -0.630. The quantitative estimate of drug-likeness (QED) is 0.714. The molecule has 0 unspecified atom stereocenters. The standard InChI is InChI=1S/C18H28O2/c1-17(2,3)20-16-8-7-15-14-6-5-13(19)11-12(14)9-10-18(15,16)4/h11,14-16H,5-10H2,1-4H3/t14-,15+,16+,18+/m1/s1. The number of ether oxygens (including phenoxy) is 1. The molecular formula is C18H28O2. The Morgan fingerprint density at radius 2 is 1.95 bits per heavy atom. The highest BCUT2D eigenvalue weighted by Crippen LogP contribution is 2.59. The molecule has 3 rings (SSSR count). The average Bonchev–Trinajstić information content (AvgIpc) is 2.65. The molecule has 20 heavy (non-hydrogen) atoms. The Bertz CT molecular complexity index is 443. The molecule has 2 heteroatoms. The van der Waals surface area contributed by atoms with Crippen molar-refractivity contribution in [3.05, 3.63) is 11.6 Å². The number of allylic oxidation sites excluding steroid dienone is 2. The molecule has 4 atom stereocenters. The Labute approximate surface area is 123 Å². The molecule has 0 spiro atoms. The van der Waals surface area contributed by atoms with E-state index in [9.17, 15) is 4.79 Å². The molecule has 3 aliphatic carbocycles. The smallest absolute Gasteiger partial charge is 0.155 e. The molecule has 0 aromatic carbocycles. The maximum absolute atomic E-state index is 11.6. The van der Waals surface area contributed by atoms with E-state index in [4.69, 9.17) is 4.74 Å². The van der Waals surface area contributed by atoms with Crippen molar-refractivity contribution in [3.63, 3.8) is 0 Å². The maximum Gasteiger partial charge on any atom is 0.155 e. The van der Waals surface area contributed by atoms with Crippen molar-refractivity contribution in [2.45, 2.75) is 77.9 Å². The van der Waals surface area contributed by atoms with Crippen LogP contribution in [0.3, 0.4) is 0 Å². The third-order valence-corrected chi connectivity index (χ3v) is 5.78. The van der Waals surface area contributed by atoms with Gasteiger partial charge in [-0.1, -0.05) is 12.5 Å². The molecule has 0 aromatic rings. The molecule has 0 heterocycles. The van der Waals surface area contributed by atoms with Gasteiger partial charge in [-0.05, 0) is 76.2 Å². The first-order valence-corrected chi connectivity index (χ1v) is 8.21. The SMILES string of the molecule is CC(C)(C)O[C@H]1CC[C@H]2[C@@H]3CCC(=O)C=C3CC[C@]12C. The van der Waals surface area contributed by atoms with Crippen molar-refractivity contribution in [3.8, 4) is 0 Å². The minimum atomic E-state index is -0.0544. The molecule has 3 aliphatic rings. The Morgan fingerprint density at radius 3 is 2.65 bits per heavy atom. The van der Waals surface area contributed by atoms with Gasteiger partial charge in [0.1, 0.15) is 0 Å². The van der Waals surface area contributed by atoms with Crippen molar-refractivity contribution < 1.29 is 9.53 Å². The molecule has 112 valence electrons. The van der Waals surface area contributed by atoms with Crippen LogP contribution in [0.25, 0.3) is 0 Å². The Kier molecular flexibility index (Phi) is 3.36. The third kappa shape index (κ3) is 2.36. The number of ketones is 1. The summed E-state index contributed by atoms with van der Waals surface area (Å²) in [4.78, 5) is 11.6. The van der Waals surface area contributed by atoms with Crippen LogP contribution in [0.1, 0.15) is 66.2 Å². The number of fused-ring (bicyclic) bond motifs is 3. The van der Waals surface area contributed by atoms with Gasteiger partial charge >= 0.3 is 0 Å². The molecule has 0 N–H and O–H groups in total. The van der Waals surface area contributed by atoms with Gasteiger partial charge < -0.3 is 4.74 Å². The number of hydrogen-bond donors (Lipinski definition) is 0. The van der Waals surface area contributed by atoms with E-state index < -0.39 is 0 Å². The molecule has 2 nitrogen and oxygen atoms in total. The number of hydrogen-bond acceptors (Lipinski definition) is 2. The van der Waals surface area contributed by atoms with Crippen LogP contribution in [0.15, 0.2) is 11.6 Å². The normalized spacial score (nSPS) is 41.1. The summed E-state index contributed by atoms with van der Waals surface area (Å²) in [7, 11) is 0. The summed E-state index contributed by atoms with van der Waals surface area (Å²) in [5.74, 6) is 1.73.